The van der Waals surface area contributed by atoms with Crippen LogP contribution in [-0.2, 0) is 0 Å². The summed E-state index contributed by atoms with van der Waals surface area (Å²) in [5, 5.41) is 5.63. The summed E-state index contributed by atoms with van der Waals surface area (Å²) in [5.74, 6) is -0.253. The van der Waals surface area contributed by atoms with E-state index >= 15 is 0 Å². The van der Waals surface area contributed by atoms with Gasteiger partial charge in [0.05, 0.1) is 5.69 Å². The van der Waals surface area contributed by atoms with Crippen molar-refractivity contribution in [2.75, 3.05) is 5.32 Å². The molecule has 106 valence electrons. The van der Waals surface area contributed by atoms with E-state index in [4.69, 9.17) is 0 Å². The highest BCUT2D eigenvalue weighted by Crippen LogP contribution is 2.26. The summed E-state index contributed by atoms with van der Waals surface area (Å²) < 4.78 is 14.6. The van der Waals surface area contributed by atoms with Gasteiger partial charge in [0.15, 0.2) is 0 Å². The molecule has 21 heavy (non-hydrogen) atoms. The third kappa shape index (κ3) is 3.08. The van der Waals surface area contributed by atoms with Crippen LogP contribution in [0.5, 0.6) is 0 Å². The van der Waals surface area contributed by atoms with Crippen LogP contribution in [0, 0.1) is 5.82 Å². The predicted molar refractivity (Wildman–Crippen MR) is 90.1 cm³/mol. The van der Waals surface area contributed by atoms with Crippen LogP contribution < -0.4 is 5.32 Å². The second kappa shape index (κ2) is 5.86. The smallest absolute Gasteiger partial charge is 0.147 e. The Morgan fingerprint density at radius 2 is 1.71 bits per heavy atom. The van der Waals surface area contributed by atoms with Crippen molar-refractivity contribution in [3.63, 3.8) is 0 Å². The molecule has 0 aliphatic heterocycles. The molecule has 3 rings (SSSR count). The Morgan fingerprint density at radius 1 is 0.952 bits per heavy atom. The minimum atomic E-state index is -0.253. The molecule has 1 nitrogen and oxygen atoms in total. The zero-order chi connectivity index (χ0) is 14.8. The zero-order valence-corrected chi connectivity index (χ0v) is 13.2. The fourth-order valence-corrected chi connectivity index (χ4v) is 2.73. The molecule has 0 radical (unpaired) electrons. The van der Waals surface area contributed by atoms with Crippen LogP contribution in [0.1, 0.15) is 18.5 Å². The van der Waals surface area contributed by atoms with Gasteiger partial charge in [-0.25, -0.2) is 4.39 Å². The maximum absolute atomic E-state index is 13.9. The Morgan fingerprint density at radius 3 is 2.48 bits per heavy atom. The van der Waals surface area contributed by atoms with Crippen molar-refractivity contribution >= 4 is 32.4 Å². The Bertz CT molecular complexity index is 785. The van der Waals surface area contributed by atoms with Crippen LogP contribution in [0.2, 0.25) is 0 Å². The third-order valence-electron chi connectivity index (χ3n) is 3.58. The normalized spacial score (nSPS) is 12.3. The highest BCUT2D eigenvalue weighted by atomic mass is 79.9. The number of anilines is 1. The van der Waals surface area contributed by atoms with Gasteiger partial charge in [0.1, 0.15) is 5.82 Å². The number of rotatable bonds is 3. The molecule has 0 amide bonds. The number of nitrogens with one attached hydrogen (secondary N) is 1. The van der Waals surface area contributed by atoms with E-state index in [1.165, 1.54) is 16.8 Å². The standard InChI is InChI=1S/C18H15BrFN/c1-12(21-18-9-8-16(19)11-17(18)20)14-7-6-13-4-2-3-5-15(13)10-14/h2-12,21H,1H3. The van der Waals surface area contributed by atoms with Gasteiger partial charge in [-0.15, -0.1) is 0 Å². The molecule has 3 aromatic rings. The summed E-state index contributed by atoms with van der Waals surface area (Å²) in [7, 11) is 0. The van der Waals surface area contributed by atoms with E-state index in [1.54, 1.807) is 6.07 Å². The van der Waals surface area contributed by atoms with E-state index in [9.17, 15) is 4.39 Å². The predicted octanol–water partition coefficient (Wildman–Crippen LogP) is 5.91. The third-order valence-corrected chi connectivity index (χ3v) is 4.07. The molecule has 0 heterocycles. The van der Waals surface area contributed by atoms with Crippen molar-refractivity contribution in [1.29, 1.82) is 0 Å². The summed E-state index contributed by atoms with van der Waals surface area (Å²) in [6.45, 7) is 2.03. The highest BCUT2D eigenvalue weighted by Gasteiger charge is 2.09. The summed E-state index contributed by atoms with van der Waals surface area (Å²) in [6.07, 6.45) is 0. The Kier molecular flexibility index (Phi) is 3.93. The van der Waals surface area contributed by atoms with Crippen LogP contribution in [0.25, 0.3) is 10.8 Å². The topological polar surface area (TPSA) is 12.0 Å². The maximum atomic E-state index is 13.9. The van der Waals surface area contributed by atoms with Crippen LogP contribution in [-0.4, -0.2) is 0 Å². The number of fused-ring (bicyclic) bond motifs is 1. The fraction of sp³-hybridized carbons (Fsp3) is 0.111. The van der Waals surface area contributed by atoms with E-state index in [0.717, 1.165) is 10.0 Å². The first-order valence-electron chi connectivity index (χ1n) is 6.84. The largest absolute Gasteiger partial charge is 0.376 e. The molecule has 0 saturated heterocycles. The van der Waals surface area contributed by atoms with Crippen molar-refractivity contribution in [2.45, 2.75) is 13.0 Å². The molecule has 0 aromatic heterocycles. The molecule has 1 N–H and O–H groups in total. The lowest BCUT2D eigenvalue weighted by molar-refractivity contribution is 0.626. The van der Waals surface area contributed by atoms with Gasteiger partial charge in [0, 0.05) is 10.5 Å². The molecule has 0 saturated carbocycles. The molecule has 1 atom stereocenters. The molecule has 0 fully saturated rings. The van der Waals surface area contributed by atoms with Crippen molar-refractivity contribution in [3.8, 4) is 0 Å². The van der Waals surface area contributed by atoms with Gasteiger partial charge in [0.2, 0.25) is 0 Å². The lowest BCUT2D eigenvalue weighted by Gasteiger charge is -2.17. The van der Waals surface area contributed by atoms with Crippen molar-refractivity contribution < 1.29 is 4.39 Å². The second-order valence-corrected chi connectivity index (χ2v) is 6.01. The summed E-state index contributed by atoms with van der Waals surface area (Å²) in [4.78, 5) is 0. The van der Waals surface area contributed by atoms with Crippen LogP contribution in [0.15, 0.2) is 65.1 Å². The average molecular weight is 344 g/mol. The zero-order valence-electron chi connectivity index (χ0n) is 11.6. The van der Waals surface area contributed by atoms with Gasteiger partial charge in [-0.2, -0.15) is 0 Å². The molecular weight excluding hydrogens is 329 g/mol. The Hall–Kier alpha value is -1.87. The van der Waals surface area contributed by atoms with Gasteiger partial charge < -0.3 is 5.32 Å². The SMILES string of the molecule is CC(Nc1ccc(Br)cc1F)c1ccc2ccccc2c1. The van der Waals surface area contributed by atoms with E-state index in [-0.39, 0.29) is 11.9 Å². The molecule has 0 spiro atoms. The highest BCUT2D eigenvalue weighted by molar-refractivity contribution is 9.10. The van der Waals surface area contributed by atoms with Gasteiger partial charge in [0.25, 0.3) is 0 Å². The average Bonchev–Trinajstić information content (AvgIpc) is 2.49. The summed E-state index contributed by atoms with van der Waals surface area (Å²) in [5.41, 5.74) is 1.65. The van der Waals surface area contributed by atoms with Crippen molar-refractivity contribution in [1.82, 2.24) is 0 Å². The summed E-state index contributed by atoms with van der Waals surface area (Å²) in [6, 6.07) is 19.6. The summed E-state index contributed by atoms with van der Waals surface area (Å²) >= 11 is 3.27. The molecule has 0 aliphatic carbocycles. The first-order chi connectivity index (χ1) is 10.1. The van der Waals surface area contributed by atoms with Crippen LogP contribution >= 0.6 is 15.9 Å². The molecular formula is C18H15BrFN. The Balaban J connectivity index is 1.87. The molecule has 0 aliphatic rings. The fourth-order valence-electron chi connectivity index (χ4n) is 2.40. The van der Waals surface area contributed by atoms with Gasteiger partial charge >= 0.3 is 0 Å². The number of benzene rings is 3. The number of hydrogen-bond acceptors (Lipinski definition) is 1. The maximum Gasteiger partial charge on any atom is 0.147 e. The van der Waals surface area contributed by atoms with Crippen LogP contribution in [0.3, 0.4) is 0 Å². The van der Waals surface area contributed by atoms with E-state index in [1.807, 2.05) is 25.1 Å². The minimum Gasteiger partial charge on any atom is -0.376 e. The van der Waals surface area contributed by atoms with E-state index < -0.39 is 0 Å². The number of halogens is 2. The van der Waals surface area contributed by atoms with E-state index in [2.05, 4.69) is 51.6 Å². The van der Waals surface area contributed by atoms with Crippen molar-refractivity contribution in [2.24, 2.45) is 0 Å². The molecule has 0 bridgehead atoms. The monoisotopic (exact) mass is 343 g/mol. The van der Waals surface area contributed by atoms with Crippen LogP contribution in [0.4, 0.5) is 10.1 Å². The lowest BCUT2D eigenvalue weighted by Crippen LogP contribution is -2.07. The molecule has 3 heteroatoms. The second-order valence-electron chi connectivity index (χ2n) is 5.10. The van der Waals surface area contributed by atoms with Gasteiger partial charge in [-0.05, 0) is 47.5 Å². The van der Waals surface area contributed by atoms with Gasteiger partial charge in [-0.3, -0.25) is 0 Å². The number of hydrogen-bond donors (Lipinski definition) is 1. The van der Waals surface area contributed by atoms with Gasteiger partial charge in [-0.1, -0.05) is 52.3 Å². The quantitative estimate of drug-likeness (QED) is 0.622. The molecule has 3 aromatic carbocycles. The van der Waals surface area contributed by atoms with E-state index in [0.29, 0.717) is 5.69 Å². The first-order valence-corrected chi connectivity index (χ1v) is 7.63. The Labute approximate surface area is 131 Å². The molecule has 1 unspecified atom stereocenters. The van der Waals surface area contributed by atoms with Crippen molar-refractivity contribution in [3.05, 3.63) is 76.5 Å². The minimum absolute atomic E-state index is 0.0327. The first kappa shape index (κ1) is 14.1. The lowest BCUT2D eigenvalue weighted by atomic mass is 10.0.